The van der Waals surface area contributed by atoms with Gasteiger partial charge < -0.3 is 10.1 Å². The number of fused-ring (bicyclic) bond motifs is 2. The zero-order chi connectivity index (χ0) is 18.3. The monoisotopic (exact) mass is 349 g/mol. The van der Waals surface area contributed by atoms with Crippen molar-refractivity contribution < 1.29 is 19.5 Å². The number of carboxylic acids is 1. The third-order valence-electron chi connectivity index (χ3n) is 4.87. The topological polar surface area (TPSA) is 90.2 Å². The molecular formula is C20H17N2O4+. The lowest BCUT2D eigenvalue weighted by atomic mass is 10.00. The SMILES string of the molecule is O=C(O)Cc1ccc2[nH]cc(CCC3C(=O)c4ccccc4[N+]3=O)c2c1. The number of H-pyrrole nitrogens is 1. The van der Waals surface area contributed by atoms with Gasteiger partial charge in [0.25, 0.3) is 11.7 Å². The lowest BCUT2D eigenvalue weighted by molar-refractivity contribution is -0.483. The Morgan fingerprint density at radius 3 is 2.77 bits per heavy atom. The molecule has 1 aliphatic heterocycles. The summed E-state index contributed by atoms with van der Waals surface area (Å²) in [6.07, 6.45) is 2.79. The van der Waals surface area contributed by atoms with Crippen molar-refractivity contribution in [1.82, 2.24) is 4.98 Å². The Morgan fingerprint density at radius 2 is 2.00 bits per heavy atom. The highest BCUT2D eigenvalue weighted by Gasteiger charge is 2.45. The summed E-state index contributed by atoms with van der Waals surface area (Å²) in [5.74, 6) is -1.01. The van der Waals surface area contributed by atoms with Gasteiger partial charge in [-0.15, -0.1) is 0 Å². The van der Waals surface area contributed by atoms with Gasteiger partial charge in [0, 0.05) is 39.3 Å². The van der Waals surface area contributed by atoms with E-state index in [1.54, 1.807) is 30.3 Å². The van der Waals surface area contributed by atoms with Crippen LogP contribution in [0.15, 0.2) is 48.7 Å². The Morgan fingerprint density at radius 1 is 1.19 bits per heavy atom. The minimum Gasteiger partial charge on any atom is -0.481 e. The van der Waals surface area contributed by atoms with Gasteiger partial charge in [0.05, 0.1) is 6.42 Å². The molecule has 0 fully saturated rings. The van der Waals surface area contributed by atoms with Gasteiger partial charge in [-0.3, -0.25) is 9.59 Å². The van der Waals surface area contributed by atoms with Gasteiger partial charge >= 0.3 is 5.97 Å². The third kappa shape index (κ3) is 2.69. The van der Waals surface area contributed by atoms with Gasteiger partial charge in [0.2, 0.25) is 5.78 Å². The molecule has 0 amide bonds. The van der Waals surface area contributed by atoms with Crippen LogP contribution in [0.4, 0.5) is 5.69 Å². The zero-order valence-electron chi connectivity index (χ0n) is 13.9. The zero-order valence-corrected chi connectivity index (χ0v) is 13.9. The number of nitroso groups, excluding NO2 is 1. The first-order valence-corrected chi connectivity index (χ1v) is 8.45. The summed E-state index contributed by atoms with van der Waals surface area (Å²) in [5, 5.41) is 9.90. The van der Waals surface area contributed by atoms with Crippen LogP contribution < -0.4 is 0 Å². The van der Waals surface area contributed by atoms with Gasteiger partial charge in [0.15, 0.2) is 0 Å². The first kappa shape index (κ1) is 16.2. The number of carbonyl (C=O) groups excluding carboxylic acids is 1. The molecule has 1 unspecified atom stereocenters. The van der Waals surface area contributed by atoms with Crippen LogP contribution in [0, 0.1) is 4.91 Å². The number of ketones is 1. The Labute approximate surface area is 149 Å². The summed E-state index contributed by atoms with van der Waals surface area (Å²) in [5.41, 5.74) is 3.53. The predicted octanol–water partition coefficient (Wildman–Crippen LogP) is 3.40. The van der Waals surface area contributed by atoms with E-state index >= 15 is 0 Å². The predicted molar refractivity (Wildman–Crippen MR) is 95.8 cm³/mol. The number of carboxylic acid groups (broad SMARTS) is 1. The average Bonchev–Trinajstić information content (AvgIpc) is 3.13. The van der Waals surface area contributed by atoms with E-state index in [2.05, 4.69) is 4.98 Å². The molecule has 1 atom stereocenters. The summed E-state index contributed by atoms with van der Waals surface area (Å²) >= 11 is 0. The smallest absolute Gasteiger partial charge is 0.307 e. The Kier molecular flexibility index (Phi) is 3.88. The maximum absolute atomic E-state index is 12.5. The minimum atomic E-state index is -0.877. The van der Waals surface area contributed by atoms with Crippen LogP contribution >= 0.6 is 0 Å². The molecule has 0 saturated carbocycles. The standard InChI is InChI=1S/C20H16N2O4/c23-19(24)10-12-5-7-16-15(9-12)13(11-21-16)6-8-18-20(25)14-3-1-2-4-17(14)22(18)26/h1-5,7,9,11,18,21H,6,8,10H2/p+1. The van der Waals surface area contributed by atoms with Crippen LogP contribution in [0.5, 0.6) is 0 Å². The molecule has 0 radical (unpaired) electrons. The van der Waals surface area contributed by atoms with Gasteiger partial charge in [-0.1, -0.05) is 18.2 Å². The van der Waals surface area contributed by atoms with E-state index in [4.69, 9.17) is 5.11 Å². The second kappa shape index (κ2) is 6.22. The first-order chi connectivity index (χ1) is 12.5. The van der Waals surface area contributed by atoms with E-state index in [9.17, 15) is 14.5 Å². The average molecular weight is 349 g/mol. The highest BCUT2D eigenvalue weighted by molar-refractivity contribution is 6.05. The number of carbonyl (C=O) groups is 2. The summed E-state index contributed by atoms with van der Waals surface area (Å²) < 4.78 is 0.808. The number of aromatic amines is 1. The summed E-state index contributed by atoms with van der Waals surface area (Å²) in [4.78, 5) is 39.0. The number of Topliss-reactive ketones (excluding diaryl/α,β-unsaturated/α-hetero) is 1. The molecule has 4 rings (SSSR count). The minimum absolute atomic E-state index is 0.0364. The molecule has 26 heavy (non-hydrogen) atoms. The van der Waals surface area contributed by atoms with Crippen molar-refractivity contribution in [2.45, 2.75) is 25.3 Å². The third-order valence-corrected chi connectivity index (χ3v) is 4.87. The van der Waals surface area contributed by atoms with Crippen LogP contribution in [-0.2, 0) is 17.6 Å². The van der Waals surface area contributed by atoms with E-state index in [1.807, 2.05) is 18.3 Å². The van der Waals surface area contributed by atoms with Crippen molar-refractivity contribution in [1.29, 1.82) is 0 Å². The van der Waals surface area contributed by atoms with Crippen molar-refractivity contribution in [3.63, 3.8) is 0 Å². The van der Waals surface area contributed by atoms with E-state index in [1.165, 1.54) is 0 Å². The molecule has 6 nitrogen and oxygen atoms in total. The normalized spacial score (nSPS) is 16.2. The van der Waals surface area contributed by atoms with E-state index < -0.39 is 12.0 Å². The summed E-state index contributed by atoms with van der Waals surface area (Å²) in [6.45, 7) is 0. The van der Waals surface area contributed by atoms with Gasteiger partial charge in [-0.2, -0.15) is 0 Å². The second-order valence-corrected chi connectivity index (χ2v) is 6.53. The molecule has 0 saturated heterocycles. The number of aliphatic carboxylic acids is 1. The van der Waals surface area contributed by atoms with Crippen LogP contribution in [0.2, 0.25) is 0 Å². The molecule has 1 aromatic heterocycles. The fourth-order valence-corrected chi connectivity index (χ4v) is 3.59. The molecule has 0 spiro atoms. The highest BCUT2D eigenvalue weighted by Crippen LogP contribution is 2.32. The number of para-hydroxylation sites is 1. The molecule has 2 N–H and O–H groups in total. The molecule has 0 bridgehead atoms. The maximum atomic E-state index is 12.5. The number of hydrogen-bond acceptors (Lipinski definition) is 3. The van der Waals surface area contributed by atoms with Crippen molar-refractivity contribution in [3.8, 4) is 0 Å². The molecule has 2 heterocycles. The number of benzene rings is 2. The quantitative estimate of drug-likeness (QED) is 0.691. The molecule has 3 aromatic rings. The molecular weight excluding hydrogens is 332 g/mol. The Hall–Kier alpha value is -3.28. The lowest BCUT2D eigenvalue weighted by Gasteiger charge is -2.02. The van der Waals surface area contributed by atoms with Crippen molar-refractivity contribution >= 4 is 28.3 Å². The highest BCUT2D eigenvalue weighted by atomic mass is 16.4. The Bertz CT molecular complexity index is 1020. The first-order valence-electron chi connectivity index (χ1n) is 8.45. The van der Waals surface area contributed by atoms with Gasteiger partial charge in [-0.25, -0.2) is 0 Å². The number of aryl methyl sites for hydroxylation is 1. The number of rotatable bonds is 5. The molecule has 130 valence electrons. The molecule has 6 heteroatoms. The van der Waals surface area contributed by atoms with Gasteiger partial charge in [-0.05, 0) is 35.7 Å². The summed E-state index contributed by atoms with van der Waals surface area (Å²) in [6, 6.07) is 11.7. The summed E-state index contributed by atoms with van der Waals surface area (Å²) in [7, 11) is 0. The number of hydrogen-bond donors (Lipinski definition) is 2. The van der Waals surface area contributed by atoms with Crippen molar-refractivity contribution in [3.05, 3.63) is 70.3 Å². The van der Waals surface area contributed by atoms with Crippen LogP contribution in [0.1, 0.15) is 27.9 Å². The maximum Gasteiger partial charge on any atom is 0.307 e. The number of nitrogens with zero attached hydrogens (tertiary/aromatic N) is 1. The van der Waals surface area contributed by atoms with Crippen molar-refractivity contribution in [2.75, 3.05) is 0 Å². The van der Waals surface area contributed by atoms with E-state index in [0.717, 1.165) is 26.8 Å². The lowest BCUT2D eigenvalue weighted by Crippen LogP contribution is -2.23. The fourth-order valence-electron chi connectivity index (χ4n) is 3.59. The molecule has 2 aromatic carbocycles. The largest absolute Gasteiger partial charge is 0.481 e. The van der Waals surface area contributed by atoms with Crippen LogP contribution in [0.3, 0.4) is 0 Å². The Balaban J connectivity index is 1.56. The fraction of sp³-hybridized carbons (Fsp3) is 0.200. The van der Waals surface area contributed by atoms with E-state index in [-0.39, 0.29) is 12.2 Å². The van der Waals surface area contributed by atoms with Crippen LogP contribution in [-0.4, -0.2) is 32.6 Å². The van der Waals surface area contributed by atoms with Gasteiger partial charge in [0.1, 0.15) is 5.56 Å². The number of nitrogens with one attached hydrogen (secondary N) is 1. The molecule has 0 aliphatic carbocycles. The van der Waals surface area contributed by atoms with Crippen LogP contribution in [0.25, 0.3) is 10.9 Å². The second-order valence-electron chi connectivity index (χ2n) is 6.53. The van der Waals surface area contributed by atoms with Crippen molar-refractivity contribution in [2.24, 2.45) is 0 Å². The van der Waals surface area contributed by atoms with E-state index in [0.29, 0.717) is 24.1 Å². The molecule has 1 aliphatic rings. The number of aromatic nitrogens is 1.